The molecule has 1 unspecified atom stereocenters. The minimum absolute atomic E-state index is 0.0819. The lowest BCUT2D eigenvalue weighted by Gasteiger charge is -2.18. The van der Waals surface area contributed by atoms with Crippen molar-refractivity contribution in [3.63, 3.8) is 0 Å². The molecule has 56 heavy (non-hydrogen) atoms. The normalized spacial score (nSPS) is 12.4. The number of unbranched alkanes of at least 4 members (excludes halogenated alkanes) is 28. The van der Waals surface area contributed by atoms with E-state index in [1.165, 1.54) is 161 Å². The van der Waals surface area contributed by atoms with Gasteiger partial charge >= 0.3 is 11.9 Å². The monoisotopic (exact) mass is 787 g/mol. The number of rotatable bonds is 45. The second kappa shape index (κ2) is 47.5. The van der Waals surface area contributed by atoms with Gasteiger partial charge < -0.3 is 14.2 Å². The minimum atomic E-state index is -0.540. The molecular formula is C51H94O5. The van der Waals surface area contributed by atoms with Gasteiger partial charge in [-0.25, -0.2) is 0 Å². The number of carbonyl (C=O) groups excluding carboxylic acids is 2. The second-order valence-electron chi connectivity index (χ2n) is 16.4. The largest absolute Gasteiger partial charge is 0.462 e. The summed E-state index contributed by atoms with van der Waals surface area (Å²) in [4.78, 5) is 25.3. The molecule has 0 aromatic heterocycles. The van der Waals surface area contributed by atoms with E-state index in [2.05, 4.69) is 57.2 Å². The Morgan fingerprint density at radius 1 is 0.393 bits per heavy atom. The molecular weight excluding hydrogens is 693 g/mol. The van der Waals surface area contributed by atoms with Crippen LogP contribution in [0.1, 0.15) is 252 Å². The summed E-state index contributed by atoms with van der Waals surface area (Å²) in [5.41, 5.74) is 0. The average molecular weight is 787 g/mol. The first kappa shape index (κ1) is 54.1. The molecule has 0 amide bonds. The first-order valence-corrected chi connectivity index (χ1v) is 24.5. The predicted octanol–water partition coefficient (Wildman–Crippen LogP) is 16.2. The quantitative estimate of drug-likeness (QED) is 0.0349. The molecule has 0 fully saturated rings. The molecule has 0 bridgehead atoms. The molecule has 5 heteroatoms. The van der Waals surface area contributed by atoms with Crippen LogP contribution < -0.4 is 0 Å². The van der Waals surface area contributed by atoms with Crippen LogP contribution in [-0.4, -0.2) is 37.9 Å². The van der Waals surface area contributed by atoms with Crippen LogP contribution in [0.2, 0.25) is 0 Å². The number of carbonyl (C=O) groups is 2. The van der Waals surface area contributed by atoms with Crippen LogP contribution in [0.5, 0.6) is 0 Å². The highest BCUT2D eigenvalue weighted by atomic mass is 16.6. The maximum atomic E-state index is 12.7. The van der Waals surface area contributed by atoms with Gasteiger partial charge in [-0.15, -0.1) is 0 Å². The van der Waals surface area contributed by atoms with E-state index >= 15 is 0 Å². The van der Waals surface area contributed by atoms with Crippen LogP contribution in [-0.2, 0) is 23.8 Å². The number of esters is 2. The van der Waals surface area contributed by atoms with E-state index in [1.54, 1.807) is 0 Å². The Hall–Kier alpha value is -1.88. The summed E-state index contributed by atoms with van der Waals surface area (Å²) >= 11 is 0. The van der Waals surface area contributed by atoms with Crippen molar-refractivity contribution in [2.75, 3.05) is 19.8 Å². The topological polar surface area (TPSA) is 61.8 Å². The molecule has 0 N–H and O–H groups in total. The summed E-state index contributed by atoms with van der Waals surface area (Å²) in [6.07, 6.45) is 55.7. The molecule has 0 aliphatic rings. The SMILES string of the molecule is CCC/C=C\C/C=C\CCCCCCCCOCC(COC(=O)CCCCCCCCCCCCCCCCC)OC(=O)CCCCCCC/C=C\CCCC. The molecule has 0 saturated carbocycles. The van der Waals surface area contributed by atoms with Crippen LogP contribution in [0, 0.1) is 0 Å². The standard InChI is InChI=1S/C51H94O5/c1-4-7-10-13-16-19-22-24-26-27-30-32-35-38-41-44-50(52)55-48-49(56-51(53)45-42-39-36-33-29-21-18-15-12-9-6-3)47-54-46-43-40-37-34-31-28-25-23-20-17-14-11-8-5-2/h11,14-15,18,20,23,49H,4-10,12-13,16-17,19,21-22,24-48H2,1-3H3/b14-11-,18-15-,23-20-. The van der Waals surface area contributed by atoms with Crippen LogP contribution >= 0.6 is 0 Å². The Balaban J connectivity index is 4.23. The van der Waals surface area contributed by atoms with E-state index < -0.39 is 6.10 Å². The predicted molar refractivity (Wildman–Crippen MR) is 242 cm³/mol. The third-order valence-electron chi connectivity index (χ3n) is 10.6. The number of hydrogen-bond donors (Lipinski definition) is 0. The first-order chi connectivity index (χ1) is 27.6. The maximum Gasteiger partial charge on any atom is 0.306 e. The molecule has 0 aromatic rings. The summed E-state index contributed by atoms with van der Waals surface area (Å²) < 4.78 is 17.3. The Morgan fingerprint density at radius 2 is 0.804 bits per heavy atom. The minimum Gasteiger partial charge on any atom is -0.462 e. The van der Waals surface area contributed by atoms with E-state index in [1.807, 2.05) is 0 Å². The lowest BCUT2D eigenvalue weighted by Crippen LogP contribution is -2.30. The molecule has 0 rings (SSSR count). The highest BCUT2D eigenvalue weighted by Crippen LogP contribution is 2.15. The Labute approximate surface area is 349 Å². The van der Waals surface area contributed by atoms with Crippen molar-refractivity contribution in [2.45, 2.75) is 258 Å². The Morgan fingerprint density at radius 3 is 1.32 bits per heavy atom. The molecule has 328 valence electrons. The zero-order chi connectivity index (χ0) is 40.7. The fraction of sp³-hybridized carbons (Fsp3) is 0.843. The van der Waals surface area contributed by atoms with Crippen LogP contribution in [0.25, 0.3) is 0 Å². The summed E-state index contributed by atoms with van der Waals surface area (Å²) in [6.45, 7) is 7.73. The van der Waals surface area contributed by atoms with Crippen LogP contribution in [0.3, 0.4) is 0 Å². The molecule has 0 aliphatic carbocycles. The number of allylic oxidation sites excluding steroid dienone is 6. The van der Waals surface area contributed by atoms with E-state index in [-0.39, 0.29) is 25.2 Å². The third kappa shape index (κ3) is 44.8. The zero-order valence-electron chi connectivity index (χ0n) is 37.7. The molecule has 0 spiro atoms. The first-order valence-electron chi connectivity index (χ1n) is 24.5. The highest BCUT2D eigenvalue weighted by molar-refractivity contribution is 5.70. The van der Waals surface area contributed by atoms with Crippen molar-refractivity contribution < 1.29 is 23.8 Å². The van der Waals surface area contributed by atoms with Crippen molar-refractivity contribution in [3.8, 4) is 0 Å². The van der Waals surface area contributed by atoms with Crippen molar-refractivity contribution in [2.24, 2.45) is 0 Å². The molecule has 0 aromatic carbocycles. The lowest BCUT2D eigenvalue weighted by molar-refractivity contribution is -0.163. The van der Waals surface area contributed by atoms with Gasteiger partial charge in [-0.1, -0.05) is 211 Å². The summed E-state index contributed by atoms with van der Waals surface area (Å²) in [5.74, 6) is -0.404. The van der Waals surface area contributed by atoms with Gasteiger partial charge in [0, 0.05) is 19.4 Å². The average Bonchev–Trinajstić information content (AvgIpc) is 3.20. The van der Waals surface area contributed by atoms with Crippen LogP contribution in [0.15, 0.2) is 36.5 Å². The van der Waals surface area contributed by atoms with E-state index in [9.17, 15) is 9.59 Å². The van der Waals surface area contributed by atoms with Gasteiger partial charge in [0.2, 0.25) is 0 Å². The summed E-state index contributed by atoms with van der Waals surface area (Å²) in [5, 5.41) is 0. The number of ether oxygens (including phenoxy) is 3. The van der Waals surface area contributed by atoms with Gasteiger partial charge in [-0.05, 0) is 64.2 Å². The van der Waals surface area contributed by atoms with Crippen molar-refractivity contribution in [1.29, 1.82) is 0 Å². The van der Waals surface area contributed by atoms with E-state index in [0.29, 0.717) is 19.4 Å². The zero-order valence-corrected chi connectivity index (χ0v) is 37.7. The highest BCUT2D eigenvalue weighted by Gasteiger charge is 2.17. The number of hydrogen-bond acceptors (Lipinski definition) is 5. The van der Waals surface area contributed by atoms with Gasteiger partial charge in [0.05, 0.1) is 6.61 Å². The fourth-order valence-electron chi connectivity index (χ4n) is 6.94. The molecule has 1 atom stereocenters. The van der Waals surface area contributed by atoms with Gasteiger partial charge in [0.25, 0.3) is 0 Å². The summed E-state index contributed by atoms with van der Waals surface area (Å²) in [6, 6.07) is 0. The Kier molecular flexibility index (Phi) is 45.9. The van der Waals surface area contributed by atoms with Gasteiger partial charge in [0.15, 0.2) is 6.10 Å². The second-order valence-corrected chi connectivity index (χ2v) is 16.4. The third-order valence-corrected chi connectivity index (χ3v) is 10.6. The maximum absolute atomic E-state index is 12.7. The van der Waals surface area contributed by atoms with E-state index in [4.69, 9.17) is 14.2 Å². The molecule has 0 aliphatic heterocycles. The van der Waals surface area contributed by atoms with Crippen LogP contribution in [0.4, 0.5) is 0 Å². The summed E-state index contributed by atoms with van der Waals surface area (Å²) in [7, 11) is 0. The van der Waals surface area contributed by atoms with Crippen molar-refractivity contribution in [3.05, 3.63) is 36.5 Å². The van der Waals surface area contributed by atoms with Gasteiger partial charge in [0.1, 0.15) is 6.61 Å². The van der Waals surface area contributed by atoms with E-state index in [0.717, 1.165) is 57.8 Å². The molecule has 0 saturated heterocycles. The fourth-order valence-corrected chi connectivity index (χ4v) is 6.94. The van der Waals surface area contributed by atoms with Gasteiger partial charge in [-0.2, -0.15) is 0 Å². The molecule has 0 heterocycles. The lowest BCUT2D eigenvalue weighted by atomic mass is 10.0. The van der Waals surface area contributed by atoms with Crippen molar-refractivity contribution >= 4 is 11.9 Å². The smallest absolute Gasteiger partial charge is 0.306 e. The molecule has 5 nitrogen and oxygen atoms in total. The van der Waals surface area contributed by atoms with Crippen molar-refractivity contribution in [1.82, 2.24) is 0 Å². The van der Waals surface area contributed by atoms with Gasteiger partial charge in [-0.3, -0.25) is 9.59 Å². The Bertz CT molecular complexity index is 893. The molecule has 0 radical (unpaired) electrons.